The molecule has 1 atom stereocenters. The zero-order chi connectivity index (χ0) is 14.5. The van der Waals surface area contributed by atoms with Crippen molar-refractivity contribution in [2.45, 2.75) is 36.4 Å². The lowest BCUT2D eigenvalue weighted by atomic mass is 10.3. The van der Waals surface area contributed by atoms with Crippen molar-refractivity contribution in [2.24, 2.45) is 0 Å². The molecule has 1 aromatic heterocycles. The molecule has 0 aliphatic heterocycles. The summed E-state index contributed by atoms with van der Waals surface area (Å²) in [4.78, 5) is 4.64. The molecule has 108 valence electrons. The molecule has 6 heteroatoms. The van der Waals surface area contributed by atoms with Gasteiger partial charge in [0.15, 0.2) is 0 Å². The van der Waals surface area contributed by atoms with Crippen LogP contribution in [-0.4, -0.2) is 20.6 Å². The van der Waals surface area contributed by atoms with Crippen molar-refractivity contribution in [2.75, 3.05) is 6.26 Å². The van der Waals surface area contributed by atoms with E-state index in [-0.39, 0.29) is 5.38 Å². The monoisotopic (exact) mass is 348 g/mol. The van der Waals surface area contributed by atoms with E-state index in [1.54, 1.807) is 0 Å². The van der Waals surface area contributed by atoms with Crippen LogP contribution in [0.15, 0.2) is 12.1 Å². The summed E-state index contributed by atoms with van der Waals surface area (Å²) in [5.41, 5.74) is 1.88. The Hall–Kier alpha value is -0.0900. The first-order valence-electron chi connectivity index (χ1n) is 6.50. The van der Waals surface area contributed by atoms with Crippen molar-refractivity contribution in [1.82, 2.24) is 9.55 Å². The fourth-order valence-electron chi connectivity index (χ4n) is 2.46. The molecule has 0 radical (unpaired) electrons. The number of aromatic nitrogens is 2. The van der Waals surface area contributed by atoms with Crippen LogP contribution in [0.25, 0.3) is 11.0 Å². The van der Waals surface area contributed by atoms with Crippen LogP contribution < -0.4 is 0 Å². The van der Waals surface area contributed by atoms with Gasteiger partial charge >= 0.3 is 0 Å². The molecule has 1 saturated carbocycles. The Morgan fingerprint density at radius 2 is 2.00 bits per heavy atom. The van der Waals surface area contributed by atoms with E-state index in [4.69, 9.17) is 34.8 Å². The van der Waals surface area contributed by atoms with Gasteiger partial charge in [-0.2, -0.15) is 11.8 Å². The van der Waals surface area contributed by atoms with Crippen LogP contribution in [0.3, 0.4) is 0 Å². The van der Waals surface area contributed by atoms with E-state index in [1.165, 1.54) is 12.8 Å². The summed E-state index contributed by atoms with van der Waals surface area (Å²) in [6.45, 7) is 2.87. The Balaban J connectivity index is 2.15. The maximum atomic E-state index is 6.30. The minimum Gasteiger partial charge on any atom is -0.325 e. The van der Waals surface area contributed by atoms with Gasteiger partial charge in [-0.25, -0.2) is 4.98 Å². The summed E-state index contributed by atoms with van der Waals surface area (Å²) < 4.78 is 2.54. The fraction of sp³-hybridized carbons (Fsp3) is 0.500. The van der Waals surface area contributed by atoms with Gasteiger partial charge in [0.05, 0.1) is 26.5 Å². The van der Waals surface area contributed by atoms with Crippen LogP contribution >= 0.6 is 46.6 Å². The Kier molecular flexibility index (Phi) is 3.91. The van der Waals surface area contributed by atoms with E-state index in [2.05, 4.69) is 15.8 Å². The average molecular weight is 350 g/mol. The molecule has 1 aliphatic rings. The van der Waals surface area contributed by atoms with Crippen molar-refractivity contribution in [3.05, 3.63) is 28.0 Å². The van der Waals surface area contributed by atoms with Crippen molar-refractivity contribution in [3.8, 4) is 0 Å². The Morgan fingerprint density at radius 3 is 2.55 bits per heavy atom. The molecule has 2 nitrogen and oxygen atoms in total. The smallest absolute Gasteiger partial charge is 0.127 e. The molecule has 1 aromatic carbocycles. The third-order valence-corrected chi connectivity index (χ3v) is 6.18. The first kappa shape index (κ1) is 14.8. The number of imidazole rings is 1. The van der Waals surface area contributed by atoms with Crippen LogP contribution in [0.5, 0.6) is 0 Å². The molecule has 1 fully saturated rings. The Morgan fingerprint density at radius 1 is 1.35 bits per heavy atom. The summed E-state index contributed by atoms with van der Waals surface area (Å²) in [6, 6.07) is 3.71. The molecule has 0 spiro atoms. The van der Waals surface area contributed by atoms with Gasteiger partial charge in [-0.15, -0.1) is 11.6 Å². The highest BCUT2D eigenvalue weighted by Crippen LogP contribution is 2.49. The number of alkyl halides is 1. The number of rotatable bonds is 4. The third-order valence-electron chi connectivity index (χ3n) is 3.86. The molecule has 0 bridgehead atoms. The van der Waals surface area contributed by atoms with Gasteiger partial charge in [-0.1, -0.05) is 23.2 Å². The number of hydrogen-bond acceptors (Lipinski definition) is 2. The molecule has 1 unspecified atom stereocenters. The molecular formula is C14H15Cl3N2S. The van der Waals surface area contributed by atoms with Crippen LogP contribution in [-0.2, 0) is 6.54 Å². The summed E-state index contributed by atoms with van der Waals surface area (Å²) >= 11 is 20.5. The minimum absolute atomic E-state index is 0.141. The summed E-state index contributed by atoms with van der Waals surface area (Å²) in [7, 11) is 0. The van der Waals surface area contributed by atoms with Gasteiger partial charge < -0.3 is 4.57 Å². The first-order valence-corrected chi connectivity index (χ1v) is 8.92. The van der Waals surface area contributed by atoms with Gasteiger partial charge in [0.2, 0.25) is 0 Å². The highest BCUT2D eigenvalue weighted by Gasteiger charge is 2.43. The highest BCUT2D eigenvalue weighted by molar-refractivity contribution is 8.00. The van der Waals surface area contributed by atoms with Gasteiger partial charge in [0.1, 0.15) is 5.82 Å². The lowest BCUT2D eigenvalue weighted by Gasteiger charge is -2.17. The lowest BCUT2D eigenvalue weighted by Crippen LogP contribution is -2.16. The number of hydrogen-bond donors (Lipinski definition) is 0. The zero-order valence-corrected chi connectivity index (χ0v) is 14.4. The van der Waals surface area contributed by atoms with E-state index >= 15 is 0 Å². The number of benzene rings is 1. The largest absolute Gasteiger partial charge is 0.325 e. The minimum atomic E-state index is -0.141. The molecule has 0 saturated heterocycles. The van der Waals surface area contributed by atoms with E-state index in [0.29, 0.717) is 14.8 Å². The SMILES string of the molecule is CSC1(Cn2c(C(C)Cl)nc3cc(Cl)c(Cl)cc32)CC1. The van der Waals surface area contributed by atoms with Gasteiger partial charge in [0, 0.05) is 11.3 Å². The maximum Gasteiger partial charge on any atom is 0.127 e. The van der Waals surface area contributed by atoms with Crippen LogP contribution in [0.4, 0.5) is 0 Å². The first-order chi connectivity index (χ1) is 9.46. The van der Waals surface area contributed by atoms with Crippen molar-refractivity contribution in [1.29, 1.82) is 0 Å². The second kappa shape index (κ2) is 5.28. The summed E-state index contributed by atoms with van der Waals surface area (Å²) in [5, 5.41) is 0.948. The molecule has 0 amide bonds. The lowest BCUT2D eigenvalue weighted by molar-refractivity contribution is 0.639. The number of thioether (sulfide) groups is 1. The molecule has 3 rings (SSSR count). The summed E-state index contributed by atoms with van der Waals surface area (Å²) in [6.07, 6.45) is 4.65. The summed E-state index contributed by atoms with van der Waals surface area (Å²) in [5.74, 6) is 0.889. The quantitative estimate of drug-likeness (QED) is 0.675. The Bertz CT molecular complexity index is 662. The van der Waals surface area contributed by atoms with Crippen LogP contribution in [0.1, 0.15) is 31.0 Å². The van der Waals surface area contributed by atoms with Crippen LogP contribution in [0, 0.1) is 0 Å². The van der Waals surface area contributed by atoms with Crippen molar-refractivity contribution >= 4 is 57.6 Å². The predicted molar refractivity (Wildman–Crippen MR) is 89.5 cm³/mol. The molecule has 1 heterocycles. The average Bonchev–Trinajstić information content (AvgIpc) is 3.10. The second-order valence-corrected chi connectivity index (χ2v) is 8.06. The Labute approximate surface area is 137 Å². The normalized spacial score (nSPS) is 18.4. The topological polar surface area (TPSA) is 17.8 Å². The van der Waals surface area contributed by atoms with E-state index in [0.717, 1.165) is 23.4 Å². The zero-order valence-electron chi connectivity index (χ0n) is 11.3. The number of nitrogens with zero attached hydrogens (tertiary/aromatic N) is 2. The molecule has 20 heavy (non-hydrogen) atoms. The van der Waals surface area contributed by atoms with E-state index in [1.807, 2.05) is 30.8 Å². The van der Waals surface area contributed by atoms with E-state index in [9.17, 15) is 0 Å². The van der Waals surface area contributed by atoms with E-state index < -0.39 is 0 Å². The van der Waals surface area contributed by atoms with Crippen molar-refractivity contribution in [3.63, 3.8) is 0 Å². The van der Waals surface area contributed by atoms with Crippen molar-refractivity contribution < 1.29 is 0 Å². The number of fused-ring (bicyclic) bond motifs is 1. The third kappa shape index (κ3) is 2.54. The van der Waals surface area contributed by atoms with Gasteiger partial charge in [-0.05, 0) is 38.2 Å². The fourth-order valence-corrected chi connectivity index (χ4v) is 3.71. The molecule has 0 N–H and O–H groups in total. The predicted octanol–water partition coefficient (Wildman–Crippen LogP) is 5.54. The number of halogens is 3. The van der Waals surface area contributed by atoms with Crippen LogP contribution in [0.2, 0.25) is 10.0 Å². The highest BCUT2D eigenvalue weighted by atomic mass is 35.5. The van der Waals surface area contributed by atoms with Gasteiger partial charge in [0.25, 0.3) is 0 Å². The molecular weight excluding hydrogens is 335 g/mol. The maximum absolute atomic E-state index is 6.30. The van der Waals surface area contributed by atoms with Gasteiger partial charge in [-0.3, -0.25) is 0 Å². The second-order valence-electron chi connectivity index (χ2n) is 5.31. The standard InChI is InChI=1S/C14H15Cl3N2S/c1-8(15)13-18-11-5-9(16)10(17)6-12(11)19(13)7-14(20-2)3-4-14/h5-6,8H,3-4,7H2,1-2H3. The molecule has 1 aliphatic carbocycles. The molecule has 2 aromatic rings.